The summed E-state index contributed by atoms with van der Waals surface area (Å²) in [6.45, 7) is 5.47. The molecule has 37 heavy (non-hydrogen) atoms. The van der Waals surface area contributed by atoms with Crippen LogP contribution in [-0.4, -0.2) is 77.7 Å². The number of sulfonamides is 1. The highest BCUT2D eigenvalue weighted by Gasteiger charge is 2.35. The minimum Gasteiger partial charge on any atom is -0.445 e. The summed E-state index contributed by atoms with van der Waals surface area (Å²) < 4.78 is 44.0. The number of piperidine rings is 1. The van der Waals surface area contributed by atoms with Gasteiger partial charge in [-0.2, -0.15) is 4.31 Å². The highest BCUT2D eigenvalue weighted by molar-refractivity contribution is 7.88. The van der Waals surface area contributed by atoms with Gasteiger partial charge < -0.3 is 19.6 Å². The molecule has 0 saturated carbocycles. The molecular weight excluding hydrogens is 505 g/mol. The molecule has 0 unspecified atom stereocenters. The Morgan fingerprint density at radius 2 is 1.84 bits per heavy atom. The summed E-state index contributed by atoms with van der Waals surface area (Å²) in [4.78, 5) is 28.2. The van der Waals surface area contributed by atoms with E-state index >= 15 is 0 Å². The number of carbonyl (C=O) groups excluding carboxylic acids is 1. The van der Waals surface area contributed by atoms with Gasteiger partial charge in [0.15, 0.2) is 6.61 Å². The molecule has 1 fully saturated rings. The summed E-state index contributed by atoms with van der Waals surface area (Å²) in [6, 6.07) is 4.81. The van der Waals surface area contributed by atoms with Crippen LogP contribution in [0.25, 0.3) is 11.1 Å². The molecule has 11 nitrogen and oxygen atoms in total. The average molecular weight is 538 g/mol. The van der Waals surface area contributed by atoms with Crippen LogP contribution in [0.3, 0.4) is 0 Å². The van der Waals surface area contributed by atoms with Gasteiger partial charge >= 0.3 is 6.09 Å². The number of hydrogen-bond acceptors (Lipinski definition) is 10. The summed E-state index contributed by atoms with van der Waals surface area (Å²) in [6.07, 6.45) is 4.33. The standard InChI is InChI=1S/C24H32FN5O6S/c1-24(2,3)30(37(4,33)34)23(32)35-12-13-36-28-19-8-10-29(11-9-19)22-26-14-18(15-27-22)20-7-5-6-17(16-31)21(20)25/h5-7,14-15,31H,8-13,16H2,1-4H3. The van der Waals surface area contributed by atoms with Crippen LogP contribution >= 0.6 is 0 Å². The van der Waals surface area contributed by atoms with E-state index in [0.717, 1.165) is 12.0 Å². The number of oxime groups is 1. The van der Waals surface area contributed by atoms with E-state index in [0.29, 0.717) is 47.3 Å². The quantitative estimate of drug-likeness (QED) is 0.398. The number of anilines is 1. The molecule has 3 rings (SSSR count). The monoisotopic (exact) mass is 537 g/mol. The number of aliphatic hydroxyl groups is 1. The Bertz CT molecular complexity index is 1220. The predicted octanol–water partition coefficient (Wildman–Crippen LogP) is 2.94. The fraction of sp³-hybridized carbons (Fsp3) is 0.500. The SMILES string of the molecule is CC(C)(C)N(C(=O)OCCON=C1CCN(c2ncc(-c3cccc(CO)c3F)cn2)CC1)S(C)(=O)=O. The molecule has 2 aromatic rings. The van der Waals surface area contributed by atoms with Crippen LogP contribution in [0, 0.1) is 5.82 Å². The van der Waals surface area contributed by atoms with Crippen LogP contribution < -0.4 is 4.90 Å². The van der Waals surface area contributed by atoms with Crippen LogP contribution in [0.2, 0.25) is 0 Å². The summed E-state index contributed by atoms with van der Waals surface area (Å²) in [5, 5.41) is 13.4. The molecule has 1 amide bonds. The van der Waals surface area contributed by atoms with Gasteiger partial charge in [0.1, 0.15) is 12.4 Å². The molecule has 13 heteroatoms. The van der Waals surface area contributed by atoms with Crippen LogP contribution in [0.1, 0.15) is 39.2 Å². The van der Waals surface area contributed by atoms with Gasteiger partial charge in [-0.15, -0.1) is 0 Å². The number of halogens is 1. The van der Waals surface area contributed by atoms with E-state index < -0.39 is 27.5 Å². The molecule has 1 saturated heterocycles. The maximum absolute atomic E-state index is 14.5. The maximum atomic E-state index is 14.5. The highest BCUT2D eigenvalue weighted by atomic mass is 32.2. The molecule has 1 aliphatic heterocycles. The third-order valence-corrected chi connectivity index (χ3v) is 6.88. The zero-order valence-electron chi connectivity index (χ0n) is 21.3. The number of aromatic nitrogens is 2. The lowest BCUT2D eigenvalue weighted by atomic mass is 10.1. The van der Waals surface area contributed by atoms with Gasteiger partial charge in [0.25, 0.3) is 0 Å². The van der Waals surface area contributed by atoms with Crippen molar-refractivity contribution in [3.05, 3.63) is 42.0 Å². The van der Waals surface area contributed by atoms with Crippen molar-refractivity contribution in [1.82, 2.24) is 14.3 Å². The fourth-order valence-corrected chi connectivity index (χ4v) is 5.19. The van der Waals surface area contributed by atoms with E-state index in [1.165, 1.54) is 6.07 Å². The minimum absolute atomic E-state index is 0.0146. The second-order valence-electron chi connectivity index (χ2n) is 9.50. The van der Waals surface area contributed by atoms with Gasteiger partial charge in [-0.3, -0.25) is 0 Å². The smallest absolute Gasteiger partial charge is 0.424 e. The molecule has 1 aromatic heterocycles. The molecule has 0 atom stereocenters. The van der Waals surface area contributed by atoms with Crippen LogP contribution in [0.5, 0.6) is 0 Å². The Labute approximate surface area is 216 Å². The fourth-order valence-electron chi connectivity index (χ4n) is 3.87. The first-order chi connectivity index (χ1) is 17.4. The van der Waals surface area contributed by atoms with Crippen molar-refractivity contribution in [2.45, 2.75) is 45.8 Å². The Kier molecular flexibility index (Phi) is 9.02. The van der Waals surface area contributed by atoms with E-state index in [1.54, 1.807) is 45.3 Å². The first-order valence-electron chi connectivity index (χ1n) is 11.7. The van der Waals surface area contributed by atoms with Crippen LogP contribution in [-0.2, 0) is 26.2 Å². The average Bonchev–Trinajstić information content (AvgIpc) is 2.83. The number of rotatable bonds is 8. The van der Waals surface area contributed by atoms with Gasteiger partial charge in [0.05, 0.1) is 24.1 Å². The van der Waals surface area contributed by atoms with Crippen LogP contribution in [0.4, 0.5) is 15.1 Å². The molecular formula is C24H32FN5O6S. The normalized spacial score (nSPS) is 14.3. The van der Waals surface area contributed by atoms with Gasteiger partial charge in [0, 0.05) is 55.0 Å². The van der Waals surface area contributed by atoms with E-state index in [1.807, 2.05) is 4.90 Å². The molecule has 0 radical (unpaired) electrons. The number of carbonyl (C=O) groups is 1. The zero-order valence-corrected chi connectivity index (χ0v) is 22.2. The lowest BCUT2D eigenvalue weighted by Crippen LogP contribution is -2.49. The Morgan fingerprint density at radius 1 is 1.19 bits per heavy atom. The Morgan fingerprint density at radius 3 is 2.41 bits per heavy atom. The number of ether oxygens (including phenoxy) is 1. The van der Waals surface area contributed by atoms with Crippen molar-refractivity contribution in [2.24, 2.45) is 5.16 Å². The second-order valence-corrected chi connectivity index (χ2v) is 11.3. The van der Waals surface area contributed by atoms with Gasteiger partial charge in [-0.1, -0.05) is 23.4 Å². The maximum Gasteiger partial charge on any atom is 0.424 e. The van der Waals surface area contributed by atoms with Crippen LogP contribution in [0.15, 0.2) is 35.7 Å². The number of aliphatic hydroxyl groups excluding tert-OH is 1. The lowest BCUT2D eigenvalue weighted by molar-refractivity contribution is 0.0590. The molecule has 1 N–H and O–H groups in total. The molecule has 202 valence electrons. The predicted molar refractivity (Wildman–Crippen MR) is 136 cm³/mol. The third-order valence-electron chi connectivity index (χ3n) is 5.52. The van der Waals surface area contributed by atoms with E-state index in [4.69, 9.17) is 9.57 Å². The zero-order chi connectivity index (χ0) is 27.2. The number of benzene rings is 1. The van der Waals surface area contributed by atoms with Crippen molar-refractivity contribution in [2.75, 3.05) is 37.5 Å². The highest BCUT2D eigenvalue weighted by Crippen LogP contribution is 2.25. The van der Waals surface area contributed by atoms with E-state index in [9.17, 15) is 22.7 Å². The largest absolute Gasteiger partial charge is 0.445 e. The van der Waals surface area contributed by atoms with Crippen molar-refractivity contribution in [1.29, 1.82) is 0 Å². The summed E-state index contributed by atoms with van der Waals surface area (Å²) in [7, 11) is -3.78. The lowest BCUT2D eigenvalue weighted by Gasteiger charge is -2.32. The third kappa shape index (κ3) is 7.35. The van der Waals surface area contributed by atoms with E-state index in [-0.39, 0.29) is 25.4 Å². The van der Waals surface area contributed by atoms with Crippen molar-refractivity contribution < 1.29 is 32.3 Å². The number of nitrogens with zero attached hydrogens (tertiary/aromatic N) is 5. The molecule has 0 bridgehead atoms. The molecule has 0 spiro atoms. The number of amides is 1. The summed E-state index contributed by atoms with van der Waals surface area (Å²) in [5.41, 5.74) is 0.939. The van der Waals surface area contributed by atoms with Gasteiger partial charge in [-0.05, 0) is 20.8 Å². The number of hydrogen-bond donors (Lipinski definition) is 1. The summed E-state index contributed by atoms with van der Waals surface area (Å²) in [5.74, 6) is 0.0282. The van der Waals surface area contributed by atoms with Gasteiger partial charge in [-0.25, -0.2) is 27.6 Å². The topological polar surface area (TPSA) is 135 Å². The second kappa shape index (κ2) is 11.8. The van der Waals surface area contributed by atoms with Crippen molar-refractivity contribution >= 4 is 27.8 Å². The Balaban J connectivity index is 1.46. The Hall–Kier alpha value is -3.32. The first kappa shape index (κ1) is 28.3. The van der Waals surface area contributed by atoms with Crippen molar-refractivity contribution in [3.8, 4) is 11.1 Å². The molecule has 1 aliphatic rings. The first-order valence-corrected chi connectivity index (χ1v) is 13.6. The molecule has 1 aromatic carbocycles. The minimum atomic E-state index is -3.78. The molecule has 0 aliphatic carbocycles. The summed E-state index contributed by atoms with van der Waals surface area (Å²) >= 11 is 0. The van der Waals surface area contributed by atoms with E-state index in [2.05, 4.69) is 15.1 Å². The van der Waals surface area contributed by atoms with Gasteiger partial charge in [0.2, 0.25) is 16.0 Å². The van der Waals surface area contributed by atoms with Crippen molar-refractivity contribution in [3.63, 3.8) is 0 Å². The molecule has 2 heterocycles.